The van der Waals surface area contributed by atoms with Crippen LogP contribution in [0.2, 0.25) is 0 Å². The van der Waals surface area contributed by atoms with Crippen LogP contribution < -0.4 is 5.32 Å². The van der Waals surface area contributed by atoms with Crippen molar-refractivity contribution >= 4 is 11.9 Å². The van der Waals surface area contributed by atoms with Crippen molar-refractivity contribution < 1.29 is 9.59 Å². The van der Waals surface area contributed by atoms with Crippen molar-refractivity contribution in [3.8, 4) is 0 Å². The van der Waals surface area contributed by atoms with Gasteiger partial charge >= 0.3 is 6.03 Å². The molecule has 1 aliphatic rings. The molecular formula is C15H25N5O2. The van der Waals surface area contributed by atoms with Gasteiger partial charge in [-0.1, -0.05) is 0 Å². The van der Waals surface area contributed by atoms with Crippen molar-refractivity contribution in [1.82, 2.24) is 24.9 Å². The molecular weight excluding hydrogens is 282 g/mol. The maximum absolute atomic E-state index is 12.6. The summed E-state index contributed by atoms with van der Waals surface area (Å²) in [7, 11) is 0. The van der Waals surface area contributed by atoms with E-state index in [1.165, 1.54) is 0 Å². The molecule has 22 heavy (non-hydrogen) atoms. The number of nitrogens with one attached hydrogen (secondary N) is 1. The highest BCUT2D eigenvalue weighted by atomic mass is 16.2. The number of piperazine rings is 1. The molecule has 122 valence electrons. The van der Waals surface area contributed by atoms with Gasteiger partial charge in [-0.2, -0.15) is 5.10 Å². The highest BCUT2D eigenvalue weighted by Gasteiger charge is 2.28. The van der Waals surface area contributed by atoms with Gasteiger partial charge in [0.15, 0.2) is 0 Å². The van der Waals surface area contributed by atoms with Gasteiger partial charge in [0.2, 0.25) is 5.91 Å². The van der Waals surface area contributed by atoms with E-state index in [0.717, 1.165) is 11.4 Å². The lowest BCUT2D eigenvalue weighted by Crippen LogP contribution is -2.54. The third-order valence-electron chi connectivity index (χ3n) is 3.98. The summed E-state index contributed by atoms with van der Waals surface area (Å²) in [6.45, 7) is 10.5. The van der Waals surface area contributed by atoms with Crippen LogP contribution in [0.3, 0.4) is 0 Å². The Morgan fingerprint density at radius 2 is 1.82 bits per heavy atom. The molecule has 1 aromatic heterocycles. The summed E-state index contributed by atoms with van der Waals surface area (Å²) in [4.78, 5) is 28.0. The minimum absolute atomic E-state index is 0.0545. The fourth-order valence-corrected chi connectivity index (χ4v) is 2.80. The van der Waals surface area contributed by atoms with Gasteiger partial charge in [0.1, 0.15) is 6.04 Å². The average molecular weight is 307 g/mol. The summed E-state index contributed by atoms with van der Waals surface area (Å²) >= 11 is 0. The molecule has 1 aliphatic heterocycles. The minimum Gasteiger partial charge on any atom is -0.338 e. The van der Waals surface area contributed by atoms with Gasteiger partial charge in [-0.3, -0.25) is 9.48 Å². The number of carbonyl (C=O) groups excluding carboxylic acids is 2. The summed E-state index contributed by atoms with van der Waals surface area (Å²) in [6.07, 6.45) is 0. The van der Waals surface area contributed by atoms with E-state index >= 15 is 0 Å². The van der Waals surface area contributed by atoms with Crippen LogP contribution in [-0.4, -0.2) is 64.2 Å². The molecule has 1 aromatic rings. The van der Waals surface area contributed by atoms with Gasteiger partial charge in [0.25, 0.3) is 0 Å². The molecule has 0 spiro atoms. The van der Waals surface area contributed by atoms with Crippen molar-refractivity contribution in [2.24, 2.45) is 0 Å². The average Bonchev–Trinajstić information content (AvgIpc) is 2.85. The van der Waals surface area contributed by atoms with E-state index in [1.807, 2.05) is 38.7 Å². The Bertz CT molecular complexity index is 546. The first-order valence-corrected chi connectivity index (χ1v) is 7.78. The molecule has 1 saturated heterocycles. The van der Waals surface area contributed by atoms with E-state index in [0.29, 0.717) is 32.7 Å². The number of aryl methyl sites for hydroxylation is 2. The van der Waals surface area contributed by atoms with Crippen LogP contribution in [0, 0.1) is 13.8 Å². The first kappa shape index (κ1) is 16.3. The number of nitrogens with zero attached hydrogens (tertiary/aromatic N) is 4. The van der Waals surface area contributed by atoms with Crippen molar-refractivity contribution in [2.45, 2.75) is 33.7 Å². The van der Waals surface area contributed by atoms with Gasteiger partial charge in [0.05, 0.1) is 5.69 Å². The van der Waals surface area contributed by atoms with Crippen molar-refractivity contribution in [1.29, 1.82) is 0 Å². The number of carbonyl (C=O) groups is 2. The van der Waals surface area contributed by atoms with Gasteiger partial charge in [-0.25, -0.2) is 4.79 Å². The Morgan fingerprint density at radius 3 is 2.32 bits per heavy atom. The highest BCUT2D eigenvalue weighted by Crippen LogP contribution is 2.15. The van der Waals surface area contributed by atoms with Crippen LogP contribution in [-0.2, 0) is 4.79 Å². The number of hydrogen-bond acceptors (Lipinski definition) is 3. The Morgan fingerprint density at radius 1 is 1.23 bits per heavy atom. The van der Waals surface area contributed by atoms with E-state index in [-0.39, 0.29) is 18.0 Å². The summed E-state index contributed by atoms with van der Waals surface area (Å²) < 4.78 is 1.77. The Labute approximate surface area is 131 Å². The lowest BCUT2D eigenvalue weighted by Gasteiger charge is -2.36. The SMILES string of the molecule is CCNC(=O)N1CCN(C(=O)[C@H](C)n2nc(C)cc2C)CC1. The molecule has 0 radical (unpaired) electrons. The van der Waals surface area contributed by atoms with E-state index in [2.05, 4.69) is 10.4 Å². The van der Waals surface area contributed by atoms with E-state index in [9.17, 15) is 9.59 Å². The predicted molar refractivity (Wildman–Crippen MR) is 83.6 cm³/mol. The van der Waals surface area contributed by atoms with Crippen molar-refractivity contribution in [3.63, 3.8) is 0 Å². The number of rotatable bonds is 3. The van der Waals surface area contributed by atoms with Gasteiger partial charge < -0.3 is 15.1 Å². The van der Waals surface area contributed by atoms with Crippen LogP contribution in [0.1, 0.15) is 31.3 Å². The zero-order chi connectivity index (χ0) is 16.3. The van der Waals surface area contributed by atoms with Crippen molar-refractivity contribution in [2.75, 3.05) is 32.7 Å². The van der Waals surface area contributed by atoms with Crippen LogP contribution in [0.4, 0.5) is 4.79 Å². The van der Waals surface area contributed by atoms with E-state index < -0.39 is 0 Å². The molecule has 2 heterocycles. The van der Waals surface area contributed by atoms with Crippen LogP contribution in [0.15, 0.2) is 6.07 Å². The molecule has 1 N–H and O–H groups in total. The lowest BCUT2D eigenvalue weighted by molar-refractivity contribution is -0.136. The molecule has 7 heteroatoms. The maximum Gasteiger partial charge on any atom is 0.317 e. The second-order valence-corrected chi connectivity index (χ2v) is 5.70. The summed E-state index contributed by atoms with van der Waals surface area (Å²) in [5.41, 5.74) is 1.90. The van der Waals surface area contributed by atoms with Gasteiger partial charge in [-0.05, 0) is 33.8 Å². The van der Waals surface area contributed by atoms with Crippen LogP contribution >= 0.6 is 0 Å². The largest absolute Gasteiger partial charge is 0.338 e. The molecule has 0 saturated carbocycles. The standard InChI is InChI=1S/C15H25N5O2/c1-5-16-15(22)19-8-6-18(7-9-19)14(21)13(4)20-12(3)10-11(2)17-20/h10,13H,5-9H2,1-4H3,(H,16,22)/t13-/m0/s1. The molecule has 3 amide bonds. The smallest absolute Gasteiger partial charge is 0.317 e. The summed E-state index contributed by atoms with van der Waals surface area (Å²) in [5.74, 6) is 0.0572. The zero-order valence-corrected chi connectivity index (χ0v) is 13.8. The number of aromatic nitrogens is 2. The lowest BCUT2D eigenvalue weighted by atomic mass is 10.2. The number of hydrogen-bond donors (Lipinski definition) is 1. The minimum atomic E-state index is -0.315. The number of urea groups is 1. The first-order valence-electron chi connectivity index (χ1n) is 7.78. The molecule has 0 aliphatic carbocycles. The molecule has 1 fully saturated rings. The monoisotopic (exact) mass is 307 g/mol. The Balaban J connectivity index is 1.95. The third-order valence-corrected chi connectivity index (χ3v) is 3.98. The molecule has 2 rings (SSSR count). The second-order valence-electron chi connectivity index (χ2n) is 5.70. The first-order chi connectivity index (χ1) is 10.4. The molecule has 7 nitrogen and oxygen atoms in total. The Hall–Kier alpha value is -2.05. The van der Waals surface area contributed by atoms with Crippen LogP contribution in [0.5, 0.6) is 0 Å². The predicted octanol–water partition coefficient (Wildman–Crippen LogP) is 0.935. The number of amides is 3. The fourth-order valence-electron chi connectivity index (χ4n) is 2.80. The van der Waals surface area contributed by atoms with E-state index in [1.54, 1.807) is 9.58 Å². The summed E-state index contributed by atoms with van der Waals surface area (Å²) in [6, 6.07) is 1.60. The third kappa shape index (κ3) is 3.40. The van der Waals surface area contributed by atoms with Crippen molar-refractivity contribution in [3.05, 3.63) is 17.5 Å². The van der Waals surface area contributed by atoms with Gasteiger partial charge in [-0.15, -0.1) is 0 Å². The fraction of sp³-hybridized carbons (Fsp3) is 0.667. The van der Waals surface area contributed by atoms with Crippen LogP contribution in [0.25, 0.3) is 0 Å². The molecule has 0 bridgehead atoms. The van der Waals surface area contributed by atoms with E-state index in [4.69, 9.17) is 0 Å². The zero-order valence-electron chi connectivity index (χ0n) is 13.8. The molecule has 1 atom stereocenters. The normalized spacial score (nSPS) is 16.5. The topological polar surface area (TPSA) is 70.5 Å². The second kappa shape index (κ2) is 6.81. The molecule has 0 unspecified atom stereocenters. The Kier molecular flexibility index (Phi) is 5.05. The quantitative estimate of drug-likeness (QED) is 0.903. The maximum atomic E-state index is 12.6. The van der Waals surface area contributed by atoms with Gasteiger partial charge in [0, 0.05) is 38.4 Å². The highest BCUT2D eigenvalue weighted by molar-refractivity contribution is 5.80. The molecule has 0 aromatic carbocycles. The summed E-state index contributed by atoms with van der Waals surface area (Å²) in [5, 5.41) is 7.18.